The first-order valence-corrected chi connectivity index (χ1v) is 6.39. The molecule has 0 amide bonds. The van der Waals surface area contributed by atoms with Gasteiger partial charge in [-0.3, -0.25) is 4.79 Å². The van der Waals surface area contributed by atoms with E-state index in [1.807, 2.05) is 24.3 Å². The van der Waals surface area contributed by atoms with Gasteiger partial charge in [0.15, 0.2) is 0 Å². The van der Waals surface area contributed by atoms with Crippen molar-refractivity contribution in [3.8, 4) is 5.75 Å². The van der Waals surface area contributed by atoms with E-state index in [2.05, 4.69) is 0 Å². The van der Waals surface area contributed by atoms with Crippen molar-refractivity contribution in [2.45, 2.75) is 39.2 Å². The van der Waals surface area contributed by atoms with Crippen LogP contribution in [0.1, 0.15) is 32.3 Å². The van der Waals surface area contributed by atoms with E-state index < -0.39 is 11.8 Å². The molecule has 19 heavy (non-hydrogen) atoms. The SMILES string of the molecule is COc1ccc(CCCC(=O)C(=O)OC(C)C)cc1. The molecule has 0 aliphatic rings. The first kappa shape index (κ1) is 15.2. The van der Waals surface area contributed by atoms with Crippen LogP contribution < -0.4 is 4.74 Å². The highest BCUT2D eigenvalue weighted by atomic mass is 16.5. The lowest BCUT2D eigenvalue weighted by atomic mass is 10.1. The second-order valence-electron chi connectivity index (χ2n) is 4.58. The molecule has 0 heterocycles. The Morgan fingerprint density at radius 1 is 1.16 bits per heavy atom. The Morgan fingerprint density at radius 3 is 2.32 bits per heavy atom. The molecule has 4 nitrogen and oxygen atoms in total. The number of hydrogen-bond donors (Lipinski definition) is 0. The van der Waals surface area contributed by atoms with Crippen LogP contribution in [0.3, 0.4) is 0 Å². The molecule has 1 rings (SSSR count). The number of methoxy groups -OCH3 is 1. The van der Waals surface area contributed by atoms with E-state index in [1.165, 1.54) is 0 Å². The highest BCUT2D eigenvalue weighted by Crippen LogP contribution is 2.13. The second-order valence-corrected chi connectivity index (χ2v) is 4.58. The van der Waals surface area contributed by atoms with Gasteiger partial charge in [0.05, 0.1) is 13.2 Å². The fraction of sp³-hybridized carbons (Fsp3) is 0.467. The summed E-state index contributed by atoms with van der Waals surface area (Å²) in [6, 6.07) is 7.67. The van der Waals surface area contributed by atoms with Crippen LogP contribution in [0.25, 0.3) is 0 Å². The number of benzene rings is 1. The van der Waals surface area contributed by atoms with Crippen molar-refractivity contribution in [1.29, 1.82) is 0 Å². The van der Waals surface area contributed by atoms with Crippen LogP contribution in [0.5, 0.6) is 5.75 Å². The standard InChI is InChI=1S/C15H20O4/c1-11(2)19-15(17)14(16)6-4-5-12-7-9-13(18-3)10-8-12/h7-11H,4-6H2,1-3H3. The first-order chi connectivity index (χ1) is 9.02. The van der Waals surface area contributed by atoms with Crippen LogP contribution in [0.2, 0.25) is 0 Å². The summed E-state index contributed by atoms with van der Waals surface area (Å²) in [5.74, 6) is -0.382. The summed E-state index contributed by atoms with van der Waals surface area (Å²) in [5, 5.41) is 0. The van der Waals surface area contributed by atoms with Gasteiger partial charge in [-0.1, -0.05) is 12.1 Å². The zero-order valence-corrected chi connectivity index (χ0v) is 11.6. The maximum absolute atomic E-state index is 11.5. The third-order valence-electron chi connectivity index (χ3n) is 2.60. The number of carbonyl (C=O) groups is 2. The molecule has 1 aromatic carbocycles. The van der Waals surface area contributed by atoms with Gasteiger partial charge in [-0.05, 0) is 44.4 Å². The second kappa shape index (κ2) is 7.56. The summed E-state index contributed by atoms with van der Waals surface area (Å²) < 4.78 is 9.90. The Balaban J connectivity index is 2.33. The number of carbonyl (C=O) groups excluding carboxylic acids is 2. The zero-order valence-electron chi connectivity index (χ0n) is 11.6. The van der Waals surface area contributed by atoms with Gasteiger partial charge < -0.3 is 9.47 Å². The fourth-order valence-electron chi connectivity index (χ4n) is 1.63. The zero-order chi connectivity index (χ0) is 14.3. The summed E-state index contributed by atoms with van der Waals surface area (Å²) in [6.45, 7) is 3.45. The summed E-state index contributed by atoms with van der Waals surface area (Å²) in [4.78, 5) is 22.8. The van der Waals surface area contributed by atoms with Gasteiger partial charge in [0.1, 0.15) is 5.75 Å². The van der Waals surface area contributed by atoms with E-state index in [1.54, 1.807) is 21.0 Å². The molecule has 0 aromatic heterocycles. The highest BCUT2D eigenvalue weighted by molar-refractivity contribution is 6.33. The number of ether oxygens (including phenoxy) is 2. The molecule has 104 valence electrons. The topological polar surface area (TPSA) is 52.6 Å². The molecule has 0 fully saturated rings. The number of Topliss-reactive ketones (excluding diaryl/α,β-unsaturated/α-hetero) is 1. The van der Waals surface area contributed by atoms with E-state index in [-0.39, 0.29) is 12.5 Å². The smallest absolute Gasteiger partial charge is 0.374 e. The molecule has 0 aliphatic heterocycles. The number of esters is 1. The average Bonchev–Trinajstić information content (AvgIpc) is 2.38. The lowest BCUT2D eigenvalue weighted by Crippen LogP contribution is -2.20. The number of ketones is 1. The maximum atomic E-state index is 11.5. The third-order valence-corrected chi connectivity index (χ3v) is 2.60. The van der Waals surface area contributed by atoms with Crippen molar-refractivity contribution in [3.63, 3.8) is 0 Å². The lowest BCUT2D eigenvalue weighted by Gasteiger charge is -2.07. The Kier molecular flexibility index (Phi) is 6.06. The molecule has 4 heteroatoms. The predicted molar refractivity (Wildman–Crippen MR) is 72.2 cm³/mol. The average molecular weight is 264 g/mol. The molecular formula is C15H20O4. The molecule has 0 spiro atoms. The van der Waals surface area contributed by atoms with Crippen molar-refractivity contribution >= 4 is 11.8 Å². The van der Waals surface area contributed by atoms with Gasteiger partial charge in [-0.15, -0.1) is 0 Å². The number of hydrogen-bond acceptors (Lipinski definition) is 4. The van der Waals surface area contributed by atoms with Gasteiger partial charge >= 0.3 is 5.97 Å². The number of rotatable bonds is 7. The quantitative estimate of drug-likeness (QED) is 0.561. The van der Waals surface area contributed by atoms with Crippen LogP contribution in [0.15, 0.2) is 24.3 Å². The minimum atomic E-state index is -0.732. The first-order valence-electron chi connectivity index (χ1n) is 6.39. The fourth-order valence-corrected chi connectivity index (χ4v) is 1.63. The van der Waals surface area contributed by atoms with Gasteiger partial charge in [-0.25, -0.2) is 4.79 Å². The Labute approximate surface area is 113 Å². The monoisotopic (exact) mass is 264 g/mol. The van der Waals surface area contributed by atoms with Crippen molar-refractivity contribution in [3.05, 3.63) is 29.8 Å². The minimum Gasteiger partial charge on any atom is -0.497 e. The van der Waals surface area contributed by atoms with Crippen molar-refractivity contribution in [2.75, 3.05) is 7.11 Å². The van der Waals surface area contributed by atoms with Gasteiger partial charge in [0, 0.05) is 6.42 Å². The van der Waals surface area contributed by atoms with Crippen molar-refractivity contribution in [2.24, 2.45) is 0 Å². The van der Waals surface area contributed by atoms with Gasteiger partial charge in [-0.2, -0.15) is 0 Å². The molecule has 0 aliphatic carbocycles. The molecule has 0 saturated carbocycles. The Hall–Kier alpha value is -1.84. The normalized spacial score (nSPS) is 10.3. The van der Waals surface area contributed by atoms with Crippen LogP contribution in [0.4, 0.5) is 0 Å². The van der Waals surface area contributed by atoms with E-state index in [0.717, 1.165) is 17.7 Å². The summed E-state index contributed by atoms with van der Waals surface area (Å²) in [6.07, 6.45) is 1.36. The molecular weight excluding hydrogens is 244 g/mol. The van der Waals surface area contributed by atoms with Gasteiger partial charge in [0.2, 0.25) is 5.78 Å². The van der Waals surface area contributed by atoms with E-state index in [9.17, 15) is 9.59 Å². The third kappa shape index (κ3) is 5.55. The van der Waals surface area contributed by atoms with E-state index in [0.29, 0.717) is 6.42 Å². The molecule has 0 radical (unpaired) electrons. The van der Waals surface area contributed by atoms with Crippen LogP contribution in [-0.4, -0.2) is 25.0 Å². The largest absolute Gasteiger partial charge is 0.497 e. The molecule has 0 bridgehead atoms. The molecule has 0 saturated heterocycles. The molecule has 0 N–H and O–H groups in total. The molecule has 0 atom stereocenters. The van der Waals surface area contributed by atoms with Crippen LogP contribution >= 0.6 is 0 Å². The predicted octanol–water partition coefficient (Wildman–Crippen LogP) is 2.54. The summed E-state index contributed by atoms with van der Waals surface area (Å²) >= 11 is 0. The van der Waals surface area contributed by atoms with Crippen LogP contribution in [0, 0.1) is 0 Å². The maximum Gasteiger partial charge on any atom is 0.374 e. The van der Waals surface area contributed by atoms with Gasteiger partial charge in [0.25, 0.3) is 0 Å². The van der Waals surface area contributed by atoms with Crippen molar-refractivity contribution in [1.82, 2.24) is 0 Å². The van der Waals surface area contributed by atoms with Crippen LogP contribution in [-0.2, 0) is 20.7 Å². The minimum absolute atomic E-state index is 0.220. The number of aryl methyl sites for hydroxylation is 1. The lowest BCUT2D eigenvalue weighted by molar-refractivity contribution is -0.156. The summed E-state index contributed by atoms with van der Waals surface area (Å²) in [7, 11) is 1.62. The van der Waals surface area contributed by atoms with E-state index >= 15 is 0 Å². The summed E-state index contributed by atoms with van der Waals surface area (Å²) in [5.41, 5.74) is 1.12. The Bertz CT molecular complexity index is 420. The van der Waals surface area contributed by atoms with E-state index in [4.69, 9.17) is 9.47 Å². The highest BCUT2D eigenvalue weighted by Gasteiger charge is 2.15. The van der Waals surface area contributed by atoms with Crippen molar-refractivity contribution < 1.29 is 19.1 Å². The molecule has 1 aromatic rings. The molecule has 0 unspecified atom stereocenters. The Morgan fingerprint density at radius 2 is 1.79 bits per heavy atom.